The van der Waals surface area contributed by atoms with Crippen molar-refractivity contribution in [2.75, 3.05) is 6.54 Å². The van der Waals surface area contributed by atoms with Crippen LogP contribution in [0.3, 0.4) is 0 Å². The Morgan fingerprint density at radius 1 is 1.61 bits per heavy atom. The molecule has 1 N–H and O–H groups in total. The van der Waals surface area contributed by atoms with Crippen molar-refractivity contribution in [2.45, 2.75) is 45.3 Å². The number of nitrogens with zero attached hydrogens (tertiary/aromatic N) is 3. The first-order valence-electron chi connectivity index (χ1n) is 7.33. The number of carbonyl (C=O) groups is 1. The topological polar surface area (TPSA) is 77.2 Å². The Kier molecular flexibility index (Phi) is 4.54. The van der Waals surface area contributed by atoms with E-state index in [4.69, 9.17) is 16.9 Å². The summed E-state index contributed by atoms with van der Waals surface area (Å²) in [5.41, 5.74) is -1.89. The summed E-state index contributed by atoms with van der Waals surface area (Å²) in [6, 6.07) is 2.81. The third-order valence-electron chi connectivity index (χ3n) is 4.28. The van der Waals surface area contributed by atoms with Crippen LogP contribution in [0, 0.1) is 16.7 Å². The van der Waals surface area contributed by atoms with E-state index in [1.54, 1.807) is 0 Å². The fourth-order valence-electron chi connectivity index (χ4n) is 3.02. The van der Waals surface area contributed by atoms with Crippen LogP contribution in [0.25, 0.3) is 0 Å². The molecule has 2 heterocycles. The minimum Gasteiger partial charge on any atom is -0.465 e. The van der Waals surface area contributed by atoms with Crippen molar-refractivity contribution in [1.29, 1.82) is 5.26 Å². The summed E-state index contributed by atoms with van der Waals surface area (Å²) in [6.45, 7) is 5.72. The predicted molar refractivity (Wildman–Crippen MR) is 84.0 cm³/mol. The summed E-state index contributed by atoms with van der Waals surface area (Å²) < 4.78 is 15.6. The van der Waals surface area contributed by atoms with Crippen LogP contribution in [0.15, 0.2) is 12.3 Å². The second kappa shape index (κ2) is 5.97. The summed E-state index contributed by atoms with van der Waals surface area (Å²) in [4.78, 5) is 16.8. The van der Waals surface area contributed by atoms with Gasteiger partial charge in [0.1, 0.15) is 6.07 Å². The number of hydrogen-bond donors (Lipinski definition) is 1. The van der Waals surface area contributed by atoms with Crippen LogP contribution in [-0.4, -0.2) is 33.7 Å². The van der Waals surface area contributed by atoms with Gasteiger partial charge in [0.05, 0.1) is 16.3 Å². The second-order valence-corrected chi connectivity index (χ2v) is 7.35. The average Bonchev–Trinajstić information content (AvgIpc) is 2.45. The van der Waals surface area contributed by atoms with E-state index in [9.17, 15) is 9.90 Å². The van der Waals surface area contributed by atoms with Crippen LogP contribution in [0.4, 0.5) is 9.18 Å². The number of rotatable bonds is 1. The molecule has 0 bridgehead atoms. The molecule has 0 spiro atoms. The van der Waals surface area contributed by atoms with Crippen molar-refractivity contribution in [3.63, 3.8) is 0 Å². The fourth-order valence-corrected chi connectivity index (χ4v) is 3.35. The molecule has 2 atom stereocenters. The van der Waals surface area contributed by atoms with Crippen molar-refractivity contribution in [1.82, 2.24) is 9.88 Å². The maximum Gasteiger partial charge on any atom is 0.407 e. The summed E-state index contributed by atoms with van der Waals surface area (Å²) >= 11 is 6.11. The van der Waals surface area contributed by atoms with Crippen LogP contribution in [0.1, 0.15) is 44.9 Å². The van der Waals surface area contributed by atoms with Crippen LogP contribution < -0.4 is 0 Å². The van der Waals surface area contributed by atoms with Crippen molar-refractivity contribution >= 4 is 17.7 Å². The Morgan fingerprint density at radius 3 is 2.74 bits per heavy atom. The second-order valence-electron chi connectivity index (χ2n) is 6.94. The fraction of sp³-hybridized carbons (Fsp3) is 0.562. The molecule has 1 amide bonds. The SMILES string of the molecule is CC(C)(C)C1CC(F)(c2ncc(C#N)cc2Cl)CCN1C(=O)O. The number of piperidine rings is 1. The maximum atomic E-state index is 15.6. The molecular formula is C16H19ClFN3O2. The summed E-state index contributed by atoms with van der Waals surface area (Å²) in [6.07, 6.45) is 0.218. The lowest BCUT2D eigenvalue weighted by Crippen LogP contribution is -2.55. The Hall–Kier alpha value is -1.87. The number of likely N-dealkylation sites (tertiary alicyclic amines) is 1. The molecule has 1 aromatic rings. The Morgan fingerprint density at radius 2 is 2.26 bits per heavy atom. The number of nitriles is 1. The molecule has 0 radical (unpaired) electrons. The molecule has 2 unspecified atom stereocenters. The first kappa shape index (κ1) is 17.5. The van der Waals surface area contributed by atoms with Crippen molar-refractivity contribution in [2.24, 2.45) is 5.41 Å². The van der Waals surface area contributed by atoms with Gasteiger partial charge < -0.3 is 10.0 Å². The largest absolute Gasteiger partial charge is 0.465 e. The molecule has 0 saturated carbocycles. The van der Waals surface area contributed by atoms with Crippen molar-refractivity contribution < 1.29 is 14.3 Å². The van der Waals surface area contributed by atoms with E-state index in [1.807, 2.05) is 26.8 Å². The van der Waals surface area contributed by atoms with Crippen molar-refractivity contribution in [3.05, 3.63) is 28.5 Å². The van der Waals surface area contributed by atoms with E-state index in [2.05, 4.69) is 4.98 Å². The normalized spacial score (nSPS) is 25.0. The first-order valence-corrected chi connectivity index (χ1v) is 7.71. The molecule has 5 nitrogen and oxygen atoms in total. The number of pyridine rings is 1. The molecule has 1 aromatic heterocycles. The molecule has 124 valence electrons. The highest BCUT2D eigenvalue weighted by molar-refractivity contribution is 6.31. The molecular weight excluding hydrogens is 321 g/mol. The van der Waals surface area contributed by atoms with Gasteiger partial charge >= 0.3 is 6.09 Å². The number of hydrogen-bond acceptors (Lipinski definition) is 3. The van der Waals surface area contributed by atoms with Gasteiger partial charge in [-0.15, -0.1) is 0 Å². The highest BCUT2D eigenvalue weighted by Crippen LogP contribution is 2.45. The minimum atomic E-state index is -1.81. The lowest BCUT2D eigenvalue weighted by molar-refractivity contribution is -0.0197. The monoisotopic (exact) mass is 339 g/mol. The Bertz CT molecular complexity index is 668. The van der Waals surface area contributed by atoms with Gasteiger partial charge in [0, 0.05) is 31.6 Å². The summed E-state index contributed by atoms with van der Waals surface area (Å²) in [5.74, 6) is 0. The van der Waals surface area contributed by atoms with Crippen LogP contribution >= 0.6 is 11.6 Å². The number of aromatic nitrogens is 1. The molecule has 1 saturated heterocycles. The highest BCUT2D eigenvalue weighted by atomic mass is 35.5. The van der Waals surface area contributed by atoms with Gasteiger partial charge in [0.25, 0.3) is 0 Å². The zero-order valence-electron chi connectivity index (χ0n) is 13.3. The molecule has 7 heteroatoms. The lowest BCUT2D eigenvalue weighted by atomic mass is 9.74. The van der Waals surface area contributed by atoms with Gasteiger partial charge in [-0.25, -0.2) is 9.18 Å². The molecule has 0 aliphatic carbocycles. The van der Waals surface area contributed by atoms with E-state index in [0.717, 1.165) is 0 Å². The molecule has 2 rings (SSSR count). The van der Waals surface area contributed by atoms with Gasteiger partial charge in [0.15, 0.2) is 5.67 Å². The van der Waals surface area contributed by atoms with E-state index in [1.165, 1.54) is 17.2 Å². The molecule has 1 aliphatic heterocycles. The number of halogens is 2. The van der Waals surface area contributed by atoms with Crippen molar-refractivity contribution in [3.8, 4) is 6.07 Å². The zero-order chi connectivity index (χ0) is 17.4. The molecule has 1 fully saturated rings. The van der Waals surface area contributed by atoms with E-state index < -0.39 is 23.2 Å². The average molecular weight is 340 g/mol. The smallest absolute Gasteiger partial charge is 0.407 e. The van der Waals surface area contributed by atoms with Gasteiger partial charge in [0.2, 0.25) is 0 Å². The van der Waals surface area contributed by atoms with Gasteiger partial charge in [-0.2, -0.15) is 5.26 Å². The highest BCUT2D eigenvalue weighted by Gasteiger charge is 2.48. The summed E-state index contributed by atoms with van der Waals surface area (Å²) in [5, 5.41) is 18.3. The maximum absolute atomic E-state index is 15.6. The summed E-state index contributed by atoms with van der Waals surface area (Å²) in [7, 11) is 0. The Balaban J connectivity index is 2.40. The molecule has 1 aliphatic rings. The number of amides is 1. The van der Waals surface area contributed by atoms with E-state index >= 15 is 4.39 Å². The Labute approximate surface area is 139 Å². The third-order valence-corrected chi connectivity index (χ3v) is 4.57. The van der Waals surface area contributed by atoms with Crippen LogP contribution in [0.5, 0.6) is 0 Å². The zero-order valence-corrected chi connectivity index (χ0v) is 14.1. The van der Waals surface area contributed by atoms with E-state index in [-0.39, 0.29) is 35.7 Å². The van der Waals surface area contributed by atoms with E-state index in [0.29, 0.717) is 0 Å². The van der Waals surface area contributed by atoms with Gasteiger partial charge in [-0.05, 0) is 11.5 Å². The van der Waals surface area contributed by atoms with Crippen LogP contribution in [0.2, 0.25) is 5.02 Å². The third kappa shape index (κ3) is 3.40. The molecule has 23 heavy (non-hydrogen) atoms. The van der Waals surface area contributed by atoms with Crippen LogP contribution in [-0.2, 0) is 5.67 Å². The number of alkyl halides is 1. The number of carboxylic acid groups (broad SMARTS) is 1. The predicted octanol–water partition coefficient (Wildman–Crippen LogP) is 3.96. The lowest BCUT2D eigenvalue weighted by Gasteiger charge is -2.46. The first-order chi connectivity index (χ1) is 10.6. The van der Waals surface area contributed by atoms with Gasteiger partial charge in [-0.3, -0.25) is 4.98 Å². The quantitative estimate of drug-likeness (QED) is 0.840. The standard InChI is InChI=1S/C16H19ClFN3O2/c1-15(2,3)12-7-16(18,4-5-21(12)14(22)23)13-11(17)6-10(8-19)9-20-13/h6,9,12H,4-5,7H2,1-3H3,(H,22,23). The minimum absolute atomic E-state index is 0.00942. The van der Waals surface area contributed by atoms with Gasteiger partial charge in [-0.1, -0.05) is 32.4 Å². The molecule has 0 aromatic carbocycles.